The average molecular weight is 444 g/mol. The van der Waals surface area contributed by atoms with E-state index in [2.05, 4.69) is 0 Å². The molecule has 1 heterocycles. The number of halogens is 2. The monoisotopic (exact) mass is 443 g/mol. The maximum absolute atomic E-state index is 13.3. The van der Waals surface area contributed by atoms with E-state index in [0.29, 0.717) is 29.4 Å². The first-order chi connectivity index (χ1) is 13.3. The van der Waals surface area contributed by atoms with E-state index >= 15 is 0 Å². The summed E-state index contributed by atoms with van der Waals surface area (Å²) in [7, 11) is -2.40. The van der Waals surface area contributed by atoms with E-state index in [1.54, 1.807) is 18.2 Å². The first kappa shape index (κ1) is 21.4. The lowest BCUT2D eigenvalue weighted by atomic mass is 9.76. The molecule has 28 heavy (non-hydrogen) atoms. The summed E-state index contributed by atoms with van der Waals surface area (Å²) in [5, 5.41) is 11.1. The number of nitrogens with zero attached hydrogens (tertiary/aromatic N) is 1. The summed E-state index contributed by atoms with van der Waals surface area (Å²) in [4.78, 5) is 0.0407. The van der Waals surface area contributed by atoms with E-state index in [0.717, 1.165) is 12.0 Å². The fourth-order valence-electron chi connectivity index (χ4n) is 3.77. The van der Waals surface area contributed by atoms with Gasteiger partial charge >= 0.3 is 0 Å². The van der Waals surface area contributed by atoms with E-state index in [4.69, 9.17) is 27.9 Å². The van der Waals surface area contributed by atoms with Crippen molar-refractivity contribution in [2.75, 3.05) is 26.8 Å². The quantitative estimate of drug-likeness (QED) is 0.731. The van der Waals surface area contributed by atoms with Crippen molar-refractivity contribution in [3.05, 3.63) is 58.1 Å². The molecule has 0 unspecified atom stereocenters. The molecule has 1 N–H and O–H groups in total. The average Bonchev–Trinajstić information content (AvgIpc) is 2.68. The Labute approximate surface area is 175 Å². The highest BCUT2D eigenvalue weighted by Crippen LogP contribution is 2.38. The zero-order chi connectivity index (χ0) is 20.4. The Morgan fingerprint density at radius 1 is 1.18 bits per heavy atom. The lowest BCUT2D eigenvalue weighted by Crippen LogP contribution is -2.48. The minimum atomic E-state index is -3.82. The summed E-state index contributed by atoms with van der Waals surface area (Å²) in [6, 6.07) is 12.0. The number of hydrogen-bond acceptors (Lipinski definition) is 4. The molecule has 8 heteroatoms. The van der Waals surface area contributed by atoms with Crippen molar-refractivity contribution < 1.29 is 18.3 Å². The first-order valence-electron chi connectivity index (χ1n) is 8.99. The van der Waals surface area contributed by atoms with Crippen LogP contribution in [-0.4, -0.2) is 44.6 Å². The summed E-state index contributed by atoms with van der Waals surface area (Å²) in [6.45, 7) is 0.488. The SMILES string of the molecule is COc1ccc(Cl)cc1S(=O)(=O)N1CCC[C@@](CO)(Cc2cccc(Cl)c2)C1. The molecular formula is C20H23Cl2NO4S. The van der Waals surface area contributed by atoms with Crippen molar-refractivity contribution in [2.24, 2.45) is 5.41 Å². The predicted octanol–water partition coefficient (Wildman–Crippen LogP) is 4.01. The standard InChI is InChI=1S/C20H23Cl2NO4S/c1-27-18-7-6-17(22)11-19(18)28(25,26)23-9-3-8-20(13-23,14-24)12-15-4-2-5-16(21)10-15/h2,4-7,10-11,24H,3,8-9,12-14H2,1H3/t20-/m1/s1. The molecule has 1 atom stereocenters. The lowest BCUT2D eigenvalue weighted by molar-refractivity contribution is 0.0644. The molecule has 0 aliphatic carbocycles. The molecule has 1 aliphatic rings. The van der Waals surface area contributed by atoms with Crippen LogP contribution in [0.5, 0.6) is 5.75 Å². The molecule has 0 bridgehead atoms. The molecule has 1 fully saturated rings. The number of hydrogen-bond donors (Lipinski definition) is 1. The zero-order valence-electron chi connectivity index (χ0n) is 15.6. The normalized spacial score (nSPS) is 20.9. The zero-order valence-corrected chi connectivity index (χ0v) is 17.9. The van der Waals surface area contributed by atoms with Crippen molar-refractivity contribution in [1.82, 2.24) is 4.31 Å². The predicted molar refractivity (Wildman–Crippen MR) is 111 cm³/mol. The number of methoxy groups -OCH3 is 1. The smallest absolute Gasteiger partial charge is 0.246 e. The Bertz CT molecular complexity index is 951. The number of piperidine rings is 1. The van der Waals surface area contributed by atoms with E-state index in [-0.39, 0.29) is 23.8 Å². The van der Waals surface area contributed by atoms with Crippen LogP contribution in [0.3, 0.4) is 0 Å². The molecule has 5 nitrogen and oxygen atoms in total. The van der Waals surface area contributed by atoms with Crippen LogP contribution in [0.15, 0.2) is 47.4 Å². The van der Waals surface area contributed by atoms with Crippen LogP contribution < -0.4 is 4.74 Å². The minimum Gasteiger partial charge on any atom is -0.495 e. The third-order valence-corrected chi connectivity index (χ3v) is 7.51. The van der Waals surface area contributed by atoms with Crippen molar-refractivity contribution in [2.45, 2.75) is 24.2 Å². The number of rotatable bonds is 6. The van der Waals surface area contributed by atoms with Crippen LogP contribution in [0.1, 0.15) is 18.4 Å². The fraction of sp³-hybridized carbons (Fsp3) is 0.400. The number of ether oxygens (including phenoxy) is 1. The Hall–Kier alpha value is -1.31. The Balaban J connectivity index is 1.92. The van der Waals surface area contributed by atoms with Crippen LogP contribution in [0.4, 0.5) is 0 Å². The molecule has 0 spiro atoms. The van der Waals surface area contributed by atoms with Gasteiger partial charge in [-0.1, -0.05) is 35.3 Å². The summed E-state index contributed by atoms with van der Waals surface area (Å²) < 4.78 is 33.3. The second-order valence-electron chi connectivity index (χ2n) is 7.20. The Morgan fingerprint density at radius 2 is 1.93 bits per heavy atom. The van der Waals surface area contributed by atoms with Gasteiger partial charge in [-0.15, -0.1) is 0 Å². The largest absolute Gasteiger partial charge is 0.495 e. The molecule has 0 radical (unpaired) electrons. The molecule has 2 aromatic rings. The van der Waals surface area contributed by atoms with Gasteiger partial charge in [0, 0.05) is 28.5 Å². The highest BCUT2D eigenvalue weighted by Gasteiger charge is 2.40. The molecule has 1 saturated heterocycles. The highest BCUT2D eigenvalue weighted by molar-refractivity contribution is 7.89. The third-order valence-electron chi connectivity index (χ3n) is 5.17. The van der Waals surface area contributed by atoms with Crippen LogP contribution in [0, 0.1) is 5.41 Å². The van der Waals surface area contributed by atoms with Gasteiger partial charge in [-0.2, -0.15) is 4.31 Å². The molecule has 2 aromatic carbocycles. The summed E-state index contributed by atoms with van der Waals surface area (Å²) >= 11 is 12.1. The molecule has 0 aromatic heterocycles. The van der Waals surface area contributed by atoms with Gasteiger partial charge in [-0.3, -0.25) is 0 Å². The second kappa shape index (κ2) is 8.59. The number of benzene rings is 2. The summed E-state index contributed by atoms with van der Waals surface area (Å²) in [5.41, 5.74) is 0.406. The second-order valence-corrected chi connectivity index (χ2v) is 9.98. The summed E-state index contributed by atoms with van der Waals surface area (Å²) in [6.07, 6.45) is 1.93. The van der Waals surface area contributed by atoms with Crippen molar-refractivity contribution in [1.29, 1.82) is 0 Å². The van der Waals surface area contributed by atoms with Crippen LogP contribution in [-0.2, 0) is 16.4 Å². The van der Waals surface area contributed by atoms with Crippen LogP contribution in [0.25, 0.3) is 0 Å². The van der Waals surface area contributed by atoms with Crippen molar-refractivity contribution >= 4 is 33.2 Å². The molecule has 1 aliphatic heterocycles. The topological polar surface area (TPSA) is 66.8 Å². The van der Waals surface area contributed by atoms with Gasteiger partial charge in [0.2, 0.25) is 10.0 Å². The van der Waals surface area contributed by atoms with E-state index in [1.807, 2.05) is 18.2 Å². The number of aliphatic hydroxyl groups excluding tert-OH is 1. The highest BCUT2D eigenvalue weighted by atomic mass is 35.5. The molecule has 3 rings (SSSR count). The van der Waals surface area contributed by atoms with E-state index in [9.17, 15) is 13.5 Å². The third kappa shape index (κ3) is 4.47. The number of sulfonamides is 1. The van der Waals surface area contributed by atoms with Crippen LogP contribution in [0.2, 0.25) is 10.0 Å². The maximum atomic E-state index is 13.3. The maximum Gasteiger partial charge on any atom is 0.246 e. The molecular weight excluding hydrogens is 421 g/mol. The Morgan fingerprint density at radius 3 is 2.61 bits per heavy atom. The first-order valence-corrected chi connectivity index (χ1v) is 11.2. The lowest BCUT2D eigenvalue weighted by Gasteiger charge is -2.41. The Kier molecular flexibility index (Phi) is 6.57. The van der Waals surface area contributed by atoms with Gasteiger partial charge in [0.25, 0.3) is 0 Å². The van der Waals surface area contributed by atoms with Crippen molar-refractivity contribution in [3.8, 4) is 5.75 Å². The fourth-order valence-corrected chi connectivity index (χ4v) is 5.99. The van der Waals surface area contributed by atoms with Gasteiger partial charge in [-0.25, -0.2) is 8.42 Å². The van der Waals surface area contributed by atoms with Gasteiger partial charge < -0.3 is 9.84 Å². The van der Waals surface area contributed by atoms with Gasteiger partial charge in [0.05, 0.1) is 13.7 Å². The van der Waals surface area contributed by atoms with E-state index < -0.39 is 15.4 Å². The van der Waals surface area contributed by atoms with Gasteiger partial charge in [-0.05, 0) is 55.2 Å². The van der Waals surface area contributed by atoms with Crippen LogP contribution >= 0.6 is 23.2 Å². The van der Waals surface area contributed by atoms with E-state index in [1.165, 1.54) is 17.5 Å². The molecule has 0 saturated carbocycles. The van der Waals surface area contributed by atoms with Gasteiger partial charge in [0.1, 0.15) is 10.6 Å². The van der Waals surface area contributed by atoms with Gasteiger partial charge in [0.15, 0.2) is 0 Å². The minimum absolute atomic E-state index is 0.0407. The molecule has 152 valence electrons. The molecule has 0 amide bonds. The summed E-state index contributed by atoms with van der Waals surface area (Å²) in [5.74, 6) is 0.249. The van der Waals surface area contributed by atoms with Crippen molar-refractivity contribution in [3.63, 3.8) is 0 Å². The number of aliphatic hydroxyl groups is 1.